The average molecular weight is 283 g/mol. The number of quaternary nitrogens is 1. The number of fused-ring (bicyclic) bond motifs is 1. The van der Waals surface area contributed by atoms with Gasteiger partial charge < -0.3 is 17.3 Å². The normalized spacial score (nSPS) is 21.3. The molecule has 2 nitrogen and oxygen atoms in total. The summed E-state index contributed by atoms with van der Waals surface area (Å²) in [5.41, 5.74) is 1.35. The van der Waals surface area contributed by atoms with Gasteiger partial charge in [0.05, 0.1) is 6.54 Å². The maximum atomic E-state index is 5.90. The van der Waals surface area contributed by atoms with E-state index in [-0.39, 0.29) is 12.4 Å². The van der Waals surface area contributed by atoms with Crippen molar-refractivity contribution in [3.63, 3.8) is 0 Å². The Morgan fingerprint density at radius 3 is 2.78 bits per heavy atom. The number of benzene rings is 1. The van der Waals surface area contributed by atoms with Crippen molar-refractivity contribution >= 4 is 11.6 Å². The molecule has 0 radical (unpaired) electrons. The number of halogens is 2. The van der Waals surface area contributed by atoms with E-state index in [9.17, 15) is 0 Å². The molecule has 96 valence electrons. The van der Waals surface area contributed by atoms with Crippen LogP contribution in [0, 0.1) is 0 Å². The smallest absolute Gasteiger partial charge is 0.203 e. The van der Waals surface area contributed by atoms with Gasteiger partial charge in [-0.05, 0) is 12.1 Å². The molecule has 0 aromatic heterocycles. The first kappa shape index (κ1) is 13.5. The Morgan fingerprint density at radius 2 is 2.00 bits per heavy atom. The molecule has 1 atom stereocenters. The van der Waals surface area contributed by atoms with Crippen LogP contribution in [0.25, 0.3) is 0 Å². The van der Waals surface area contributed by atoms with Gasteiger partial charge in [-0.25, -0.2) is 0 Å². The Hall–Kier alpha value is -0.960. The summed E-state index contributed by atoms with van der Waals surface area (Å²) >= 11 is 5.90. The standard InChI is InChI=1S/C14H15ClN2.ClH/c15-13-6-4-12(5-7-13)11-17-10-9-16-8-2-1-3-14(16)17;/h1-7H,8-11H2;1H. The predicted octanol–water partition coefficient (Wildman–Crippen LogP) is -1.54. The van der Waals surface area contributed by atoms with Crippen LogP contribution in [-0.4, -0.2) is 24.5 Å². The van der Waals surface area contributed by atoms with Crippen LogP contribution in [0.4, 0.5) is 0 Å². The molecule has 2 aliphatic heterocycles. The second-order valence-electron chi connectivity index (χ2n) is 4.58. The minimum Gasteiger partial charge on any atom is -1.00 e. The number of nitrogens with one attached hydrogen (secondary N) is 1. The van der Waals surface area contributed by atoms with E-state index >= 15 is 0 Å². The minimum atomic E-state index is 0. The maximum Gasteiger partial charge on any atom is 0.203 e. The highest BCUT2D eigenvalue weighted by molar-refractivity contribution is 6.30. The Labute approximate surface area is 119 Å². The predicted molar refractivity (Wildman–Crippen MR) is 69.8 cm³/mol. The first-order valence-electron chi connectivity index (χ1n) is 6.04. The van der Waals surface area contributed by atoms with E-state index in [0.717, 1.165) is 18.1 Å². The van der Waals surface area contributed by atoms with E-state index < -0.39 is 0 Å². The highest BCUT2D eigenvalue weighted by Gasteiger charge is 2.29. The molecular formula is C14H16Cl2N2. The van der Waals surface area contributed by atoms with Crippen LogP contribution in [0.1, 0.15) is 5.56 Å². The quantitative estimate of drug-likeness (QED) is 0.691. The van der Waals surface area contributed by atoms with Crippen LogP contribution in [0.15, 0.2) is 48.3 Å². The molecule has 1 unspecified atom stereocenters. The van der Waals surface area contributed by atoms with E-state index in [0.29, 0.717) is 0 Å². The molecule has 0 bridgehead atoms. The Bertz CT molecular complexity index is 465. The SMILES string of the molecule is Clc1ccc(C[NH+]2CCN3CC=CC=C32)cc1.[Cl-]. The third-order valence-corrected chi connectivity index (χ3v) is 3.69. The third kappa shape index (κ3) is 2.72. The number of hydrogen-bond acceptors (Lipinski definition) is 1. The molecule has 1 aromatic rings. The van der Waals surface area contributed by atoms with Crippen molar-refractivity contribution < 1.29 is 17.3 Å². The molecule has 0 amide bonds. The van der Waals surface area contributed by atoms with Gasteiger partial charge in [0, 0.05) is 23.2 Å². The lowest BCUT2D eigenvalue weighted by Crippen LogP contribution is -3.07. The molecule has 4 heteroatoms. The molecule has 1 aromatic carbocycles. The van der Waals surface area contributed by atoms with E-state index in [1.165, 1.54) is 24.5 Å². The van der Waals surface area contributed by atoms with Crippen molar-refractivity contribution in [1.82, 2.24) is 4.90 Å². The fourth-order valence-electron chi connectivity index (χ4n) is 2.53. The summed E-state index contributed by atoms with van der Waals surface area (Å²) in [5.74, 6) is 1.43. The second kappa shape index (κ2) is 5.79. The summed E-state index contributed by atoms with van der Waals surface area (Å²) in [4.78, 5) is 4.00. The molecular weight excluding hydrogens is 267 g/mol. The lowest BCUT2D eigenvalue weighted by molar-refractivity contribution is -0.867. The van der Waals surface area contributed by atoms with Crippen molar-refractivity contribution in [2.45, 2.75) is 6.54 Å². The maximum absolute atomic E-state index is 5.90. The van der Waals surface area contributed by atoms with E-state index in [2.05, 4.69) is 35.3 Å². The zero-order valence-corrected chi connectivity index (χ0v) is 11.6. The van der Waals surface area contributed by atoms with E-state index in [1.807, 2.05) is 12.1 Å². The average Bonchev–Trinajstić information content (AvgIpc) is 2.76. The summed E-state index contributed by atoms with van der Waals surface area (Å²) in [7, 11) is 0. The third-order valence-electron chi connectivity index (χ3n) is 3.43. The van der Waals surface area contributed by atoms with Crippen LogP contribution >= 0.6 is 11.6 Å². The fourth-order valence-corrected chi connectivity index (χ4v) is 2.66. The molecule has 18 heavy (non-hydrogen) atoms. The van der Waals surface area contributed by atoms with Gasteiger partial charge in [0.1, 0.15) is 13.1 Å². The van der Waals surface area contributed by atoms with Crippen LogP contribution < -0.4 is 17.3 Å². The molecule has 0 spiro atoms. The Morgan fingerprint density at radius 1 is 1.22 bits per heavy atom. The summed E-state index contributed by atoms with van der Waals surface area (Å²) in [6, 6.07) is 8.19. The summed E-state index contributed by atoms with van der Waals surface area (Å²) in [5, 5.41) is 0.812. The summed E-state index contributed by atoms with van der Waals surface area (Å²) in [6.07, 6.45) is 6.62. The van der Waals surface area contributed by atoms with Gasteiger partial charge >= 0.3 is 0 Å². The largest absolute Gasteiger partial charge is 1.00 e. The van der Waals surface area contributed by atoms with Gasteiger partial charge in [-0.1, -0.05) is 35.9 Å². The highest BCUT2D eigenvalue weighted by atomic mass is 35.5. The molecule has 2 aliphatic rings. The van der Waals surface area contributed by atoms with Crippen LogP contribution in [0.5, 0.6) is 0 Å². The van der Waals surface area contributed by atoms with Crippen molar-refractivity contribution in [1.29, 1.82) is 0 Å². The van der Waals surface area contributed by atoms with E-state index in [1.54, 1.807) is 4.90 Å². The molecule has 1 fully saturated rings. The summed E-state index contributed by atoms with van der Waals surface area (Å²) < 4.78 is 0. The molecule has 2 heterocycles. The van der Waals surface area contributed by atoms with Crippen LogP contribution in [0.2, 0.25) is 5.02 Å². The van der Waals surface area contributed by atoms with Crippen molar-refractivity contribution in [2.75, 3.05) is 19.6 Å². The molecule has 1 saturated heterocycles. The first-order chi connectivity index (χ1) is 8.33. The number of rotatable bonds is 2. The van der Waals surface area contributed by atoms with Gasteiger partial charge in [0.25, 0.3) is 0 Å². The fraction of sp³-hybridized carbons (Fsp3) is 0.286. The van der Waals surface area contributed by atoms with Gasteiger partial charge in [-0.3, -0.25) is 4.90 Å². The molecule has 0 aliphatic carbocycles. The zero-order chi connectivity index (χ0) is 11.7. The van der Waals surface area contributed by atoms with Crippen molar-refractivity contribution in [3.05, 3.63) is 58.9 Å². The summed E-state index contributed by atoms with van der Waals surface area (Å²) in [6.45, 7) is 4.47. The topological polar surface area (TPSA) is 7.68 Å². The molecule has 3 rings (SSSR count). The number of allylic oxidation sites excluding steroid dienone is 2. The minimum absolute atomic E-state index is 0. The van der Waals surface area contributed by atoms with Gasteiger partial charge in [-0.2, -0.15) is 0 Å². The van der Waals surface area contributed by atoms with Gasteiger partial charge in [0.15, 0.2) is 0 Å². The van der Waals surface area contributed by atoms with Crippen molar-refractivity contribution in [2.24, 2.45) is 0 Å². The van der Waals surface area contributed by atoms with Gasteiger partial charge in [-0.15, -0.1) is 0 Å². The van der Waals surface area contributed by atoms with Crippen LogP contribution in [0.3, 0.4) is 0 Å². The molecule has 0 saturated carbocycles. The highest BCUT2D eigenvalue weighted by Crippen LogP contribution is 2.11. The Kier molecular flexibility index (Phi) is 4.33. The van der Waals surface area contributed by atoms with Crippen molar-refractivity contribution in [3.8, 4) is 0 Å². The molecule has 1 N–H and O–H groups in total. The lowest BCUT2D eigenvalue weighted by atomic mass is 10.2. The van der Waals surface area contributed by atoms with E-state index in [4.69, 9.17) is 11.6 Å². The number of nitrogens with zero attached hydrogens (tertiary/aromatic N) is 1. The second-order valence-corrected chi connectivity index (χ2v) is 5.02. The monoisotopic (exact) mass is 282 g/mol. The Balaban J connectivity index is 0.00000120. The number of hydrogen-bond donors (Lipinski definition) is 1. The van der Waals surface area contributed by atoms with Crippen LogP contribution in [-0.2, 0) is 6.54 Å². The lowest BCUT2D eigenvalue weighted by Gasteiger charge is -2.20. The first-order valence-corrected chi connectivity index (χ1v) is 6.42. The van der Waals surface area contributed by atoms with Gasteiger partial charge in [0.2, 0.25) is 5.82 Å². The zero-order valence-electron chi connectivity index (χ0n) is 10.1.